The Balaban J connectivity index is 1.83. The van der Waals surface area contributed by atoms with E-state index in [0.29, 0.717) is 30.9 Å². The Labute approximate surface area is 152 Å². The first kappa shape index (κ1) is 18.9. The fraction of sp³-hybridized carbons (Fsp3) is 0.353. The number of rotatable bonds is 5. The van der Waals surface area contributed by atoms with Crippen LogP contribution in [-0.2, 0) is 11.3 Å². The van der Waals surface area contributed by atoms with Gasteiger partial charge >= 0.3 is 0 Å². The summed E-state index contributed by atoms with van der Waals surface area (Å²) in [6.07, 6.45) is 2.96. The molecule has 0 spiro atoms. The van der Waals surface area contributed by atoms with E-state index in [1.165, 1.54) is 0 Å². The van der Waals surface area contributed by atoms with E-state index in [9.17, 15) is 22.4 Å². The lowest BCUT2D eigenvalue weighted by molar-refractivity contribution is -0.122. The first-order valence-electron chi connectivity index (χ1n) is 8.30. The van der Waals surface area contributed by atoms with Gasteiger partial charge in [0.1, 0.15) is 11.5 Å². The standard InChI is InChI=1S/C17H17F4N5O/c18-11-13(12(19)15(21)25-14(11)20)24-7-9-3-1-5-23-17(9)26-6-2-4-10(8-26)16(22)27/h1,3,5,10H,2,4,6-8H2,(H2,22,27)(H,24,25). The summed E-state index contributed by atoms with van der Waals surface area (Å²) in [6.45, 7) is 0.868. The van der Waals surface area contributed by atoms with E-state index < -0.39 is 35.1 Å². The molecule has 3 N–H and O–H groups in total. The molecule has 1 fully saturated rings. The molecule has 1 aliphatic rings. The van der Waals surface area contributed by atoms with Gasteiger partial charge < -0.3 is 16.0 Å². The number of anilines is 2. The zero-order valence-electron chi connectivity index (χ0n) is 14.2. The van der Waals surface area contributed by atoms with Crippen LogP contribution in [0.3, 0.4) is 0 Å². The lowest BCUT2D eigenvalue weighted by atomic mass is 9.97. The fourth-order valence-electron chi connectivity index (χ4n) is 3.08. The number of aromatic nitrogens is 2. The van der Waals surface area contributed by atoms with Crippen LogP contribution in [0.15, 0.2) is 18.3 Å². The minimum absolute atomic E-state index is 0.141. The Morgan fingerprint density at radius 1 is 1.26 bits per heavy atom. The Hall–Kier alpha value is -2.91. The molecule has 0 radical (unpaired) electrons. The quantitative estimate of drug-likeness (QED) is 0.612. The number of piperidine rings is 1. The molecule has 1 aliphatic heterocycles. The molecule has 1 unspecified atom stereocenters. The highest BCUT2D eigenvalue weighted by atomic mass is 19.2. The third kappa shape index (κ3) is 3.93. The molecule has 10 heteroatoms. The summed E-state index contributed by atoms with van der Waals surface area (Å²) in [7, 11) is 0. The van der Waals surface area contributed by atoms with E-state index in [1.807, 2.05) is 4.90 Å². The molecule has 0 aromatic carbocycles. The maximum absolute atomic E-state index is 13.8. The van der Waals surface area contributed by atoms with Gasteiger partial charge in [-0.05, 0) is 18.9 Å². The number of nitrogens with one attached hydrogen (secondary N) is 1. The van der Waals surface area contributed by atoms with Crippen molar-refractivity contribution < 1.29 is 22.4 Å². The Kier molecular flexibility index (Phi) is 5.43. The van der Waals surface area contributed by atoms with Crippen molar-refractivity contribution in [2.45, 2.75) is 19.4 Å². The number of halogens is 4. The lowest BCUT2D eigenvalue weighted by Gasteiger charge is -2.33. The number of pyridine rings is 2. The molecule has 0 aliphatic carbocycles. The fourth-order valence-corrected chi connectivity index (χ4v) is 3.08. The van der Waals surface area contributed by atoms with Gasteiger partial charge in [0.2, 0.25) is 17.5 Å². The molecule has 3 rings (SSSR count). The van der Waals surface area contributed by atoms with Crippen LogP contribution in [0.25, 0.3) is 0 Å². The molecule has 0 bridgehead atoms. The minimum Gasteiger partial charge on any atom is -0.376 e. The molecule has 2 aromatic heterocycles. The second kappa shape index (κ2) is 7.77. The normalized spacial score (nSPS) is 17.0. The van der Waals surface area contributed by atoms with Gasteiger partial charge in [-0.2, -0.15) is 22.5 Å². The summed E-state index contributed by atoms with van der Waals surface area (Å²) in [5, 5.41) is 2.36. The van der Waals surface area contributed by atoms with Crippen LogP contribution in [0, 0.1) is 29.4 Å². The highest BCUT2D eigenvalue weighted by Gasteiger charge is 2.26. The van der Waals surface area contributed by atoms with Crippen LogP contribution < -0.4 is 16.0 Å². The first-order valence-corrected chi connectivity index (χ1v) is 8.30. The lowest BCUT2D eigenvalue weighted by Crippen LogP contribution is -2.42. The van der Waals surface area contributed by atoms with Crippen LogP contribution >= 0.6 is 0 Å². The topological polar surface area (TPSA) is 84.1 Å². The van der Waals surface area contributed by atoms with Crippen LogP contribution in [0.2, 0.25) is 0 Å². The summed E-state index contributed by atoms with van der Waals surface area (Å²) in [5.74, 6) is -6.89. The molecular weight excluding hydrogens is 366 g/mol. The van der Waals surface area contributed by atoms with E-state index in [1.54, 1.807) is 18.3 Å². The third-order valence-corrected chi connectivity index (χ3v) is 4.44. The van der Waals surface area contributed by atoms with E-state index in [-0.39, 0.29) is 12.5 Å². The SMILES string of the molecule is NC(=O)C1CCCN(c2ncccc2CNc2c(F)c(F)nc(F)c2F)C1. The second-order valence-corrected chi connectivity index (χ2v) is 6.22. The number of primary amides is 1. The molecule has 3 heterocycles. The van der Waals surface area contributed by atoms with Gasteiger partial charge in [-0.3, -0.25) is 4.79 Å². The number of hydrogen-bond donors (Lipinski definition) is 2. The summed E-state index contributed by atoms with van der Waals surface area (Å²) >= 11 is 0. The molecular formula is C17H17F4N5O. The number of carbonyl (C=O) groups is 1. The van der Waals surface area contributed by atoms with Crippen molar-refractivity contribution in [3.05, 3.63) is 47.4 Å². The first-order chi connectivity index (χ1) is 12.9. The zero-order valence-corrected chi connectivity index (χ0v) is 14.2. The van der Waals surface area contributed by atoms with Crippen molar-refractivity contribution in [1.82, 2.24) is 9.97 Å². The second-order valence-electron chi connectivity index (χ2n) is 6.22. The maximum atomic E-state index is 13.8. The monoisotopic (exact) mass is 383 g/mol. The van der Waals surface area contributed by atoms with Gasteiger partial charge in [-0.25, -0.2) is 4.98 Å². The molecule has 1 atom stereocenters. The maximum Gasteiger partial charge on any atom is 0.253 e. The van der Waals surface area contributed by atoms with Gasteiger partial charge in [0, 0.05) is 31.4 Å². The molecule has 0 saturated carbocycles. The third-order valence-electron chi connectivity index (χ3n) is 4.44. The van der Waals surface area contributed by atoms with E-state index in [4.69, 9.17) is 5.73 Å². The largest absolute Gasteiger partial charge is 0.376 e. The highest BCUT2D eigenvalue weighted by molar-refractivity contribution is 5.77. The van der Waals surface area contributed by atoms with Crippen LogP contribution in [0.5, 0.6) is 0 Å². The molecule has 6 nitrogen and oxygen atoms in total. The summed E-state index contributed by atoms with van der Waals surface area (Å²) in [5.41, 5.74) is 4.98. The number of hydrogen-bond acceptors (Lipinski definition) is 5. The van der Waals surface area contributed by atoms with Crippen molar-refractivity contribution in [3.8, 4) is 0 Å². The number of nitrogens with zero attached hydrogens (tertiary/aromatic N) is 3. The Morgan fingerprint density at radius 3 is 2.63 bits per heavy atom. The molecule has 2 aromatic rings. The van der Waals surface area contributed by atoms with Crippen LogP contribution in [0.4, 0.5) is 29.1 Å². The average molecular weight is 383 g/mol. The predicted molar refractivity (Wildman–Crippen MR) is 89.8 cm³/mol. The Morgan fingerprint density at radius 2 is 1.96 bits per heavy atom. The molecule has 144 valence electrons. The predicted octanol–water partition coefficient (Wildman–Crippen LogP) is 2.35. The smallest absolute Gasteiger partial charge is 0.253 e. The van der Waals surface area contributed by atoms with Gasteiger partial charge in [0.05, 0.1) is 5.92 Å². The Bertz CT molecular complexity index is 837. The van der Waals surface area contributed by atoms with Crippen molar-refractivity contribution in [2.75, 3.05) is 23.3 Å². The van der Waals surface area contributed by atoms with Crippen molar-refractivity contribution in [2.24, 2.45) is 11.7 Å². The number of carbonyl (C=O) groups excluding carboxylic acids is 1. The van der Waals surface area contributed by atoms with Crippen molar-refractivity contribution in [1.29, 1.82) is 0 Å². The van der Waals surface area contributed by atoms with Crippen LogP contribution in [0.1, 0.15) is 18.4 Å². The van der Waals surface area contributed by atoms with E-state index in [2.05, 4.69) is 15.3 Å². The summed E-state index contributed by atoms with van der Waals surface area (Å²) in [4.78, 5) is 20.1. The zero-order chi connectivity index (χ0) is 19.6. The van der Waals surface area contributed by atoms with E-state index >= 15 is 0 Å². The van der Waals surface area contributed by atoms with E-state index in [0.717, 1.165) is 6.42 Å². The number of amides is 1. The minimum atomic E-state index is -1.73. The van der Waals surface area contributed by atoms with Gasteiger partial charge in [0.25, 0.3) is 11.9 Å². The molecule has 1 saturated heterocycles. The summed E-state index contributed by atoms with van der Waals surface area (Å²) < 4.78 is 54.0. The van der Waals surface area contributed by atoms with Crippen LogP contribution in [-0.4, -0.2) is 29.0 Å². The average Bonchev–Trinajstić information content (AvgIpc) is 2.67. The van der Waals surface area contributed by atoms with Gasteiger partial charge in [0.15, 0.2) is 0 Å². The molecule has 1 amide bonds. The number of nitrogens with two attached hydrogens (primary N) is 1. The van der Waals surface area contributed by atoms with Crippen molar-refractivity contribution in [3.63, 3.8) is 0 Å². The molecule has 27 heavy (non-hydrogen) atoms. The summed E-state index contributed by atoms with van der Waals surface area (Å²) in [6, 6.07) is 3.28. The highest BCUT2D eigenvalue weighted by Crippen LogP contribution is 2.27. The van der Waals surface area contributed by atoms with Gasteiger partial charge in [-0.1, -0.05) is 6.07 Å². The van der Waals surface area contributed by atoms with Gasteiger partial charge in [-0.15, -0.1) is 0 Å². The van der Waals surface area contributed by atoms with Crippen molar-refractivity contribution >= 4 is 17.4 Å².